The fourth-order valence-corrected chi connectivity index (χ4v) is 12.4. The molecule has 93 heavy (non-hydrogen) atoms. The monoisotopic (exact) mass is 1320 g/mol. The van der Waals surface area contributed by atoms with Crippen molar-refractivity contribution in [2.75, 3.05) is 26.4 Å². The quantitative estimate of drug-likeness (QED) is 0.0264. The minimum absolute atomic E-state index is 0.0535. The second-order valence-electron chi connectivity index (χ2n) is 26.6. The van der Waals surface area contributed by atoms with E-state index in [1.807, 2.05) is 0 Å². The third-order valence-electron chi connectivity index (χ3n) is 17.5. The van der Waals surface area contributed by atoms with Crippen molar-refractivity contribution in [2.24, 2.45) is 5.73 Å². The van der Waals surface area contributed by atoms with Crippen LogP contribution in [0.25, 0.3) is 0 Å². The Morgan fingerprint density at radius 1 is 0.333 bits per heavy atom. The van der Waals surface area contributed by atoms with Gasteiger partial charge in [0, 0.05) is 19.4 Å². The Labute approximate surface area is 576 Å². The van der Waals surface area contributed by atoms with Gasteiger partial charge in [-0.1, -0.05) is 374 Å². The highest BCUT2D eigenvalue weighted by atomic mass is 31.2. The highest BCUT2D eigenvalue weighted by Crippen LogP contribution is 2.43. The number of ether oxygens (including phenoxy) is 2. The minimum Gasteiger partial charge on any atom is -0.462 e. The van der Waals surface area contributed by atoms with Crippen LogP contribution >= 0.6 is 7.82 Å². The number of carbonyl (C=O) groups excluding carboxylic acids is 2. The molecule has 0 aliphatic heterocycles. The first-order valence-corrected chi connectivity index (χ1v) is 41.2. The van der Waals surface area contributed by atoms with E-state index in [0.29, 0.717) is 6.42 Å². The zero-order valence-corrected chi connectivity index (χ0v) is 61.9. The molecule has 3 N–H and O–H groups in total. The van der Waals surface area contributed by atoms with Crippen molar-refractivity contribution in [3.63, 3.8) is 0 Å². The Morgan fingerprint density at radius 2 is 0.591 bits per heavy atom. The molecular formula is C83H150NO8P. The number of unbranched alkanes of at least 4 members (excludes halogenated alkanes) is 46. The Bertz CT molecular complexity index is 1850. The maximum absolute atomic E-state index is 12.8. The van der Waals surface area contributed by atoms with Gasteiger partial charge >= 0.3 is 19.8 Å². The van der Waals surface area contributed by atoms with Gasteiger partial charge in [0.15, 0.2) is 6.10 Å². The normalized spacial score (nSPS) is 13.4. The summed E-state index contributed by atoms with van der Waals surface area (Å²) in [6, 6.07) is 0. The number of carbonyl (C=O) groups is 2. The van der Waals surface area contributed by atoms with Crippen molar-refractivity contribution < 1.29 is 37.6 Å². The van der Waals surface area contributed by atoms with Crippen LogP contribution in [0.2, 0.25) is 0 Å². The molecule has 0 rings (SSSR count). The van der Waals surface area contributed by atoms with E-state index in [1.165, 1.54) is 276 Å². The summed E-state index contributed by atoms with van der Waals surface area (Å²) in [4.78, 5) is 35.5. The molecule has 2 atom stereocenters. The Kier molecular flexibility index (Phi) is 75.4. The van der Waals surface area contributed by atoms with E-state index in [2.05, 4.69) is 111 Å². The van der Waals surface area contributed by atoms with Crippen LogP contribution in [-0.2, 0) is 32.7 Å². The third-order valence-corrected chi connectivity index (χ3v) is 18.4. The fourth-order valence-electron chi connectivity index (χ4n) is 11.6. The summed E-state index contributed by atoms with van der Waals surface area (Å²) in [6.07, 6.45) is 107. The van der Waals surface area contributed by atoms with Gasteiger partial charge in [-0.25, -0.2) is 4.57 Å². The predicted octanol–water partition coefficient (Wildman–Crippen LogP) is 26.6. The molecule has 0 aromatic rings. The molecule has 0 aromatic carbocycles. The van der Waals surface area contributed by atoms with Crippen LogP contribution in [0.15, 0.2) is 97.2 Å². The molecule has 10 heteroatoms. The van der Waals surface area contributed by atoms with Crippen molar-refractivity contribution >= 4 is 19.8 Å². The first-order chi connectivity index (χ1) is 45.8. The Morgan fingerprint density at radius 3 is 0.882 bits per heavy atom. The van der Waals surface area contributed by atoms with E-state index in [-0.39, 0.29) is 38.6 Å². The van der Waals surface area contributed by atoms with Crippen LogP contribution in [-0.4, -0.2) is 49.3 Å². The molecular weight excluding hydrogens is 1170 g/mol. The third kappa shape index (κ3) is 77.8. The average molecular weight is 1320 g/mol. The standard InChI is InChI=1S/C83H150NO8P/c1-3-5-7-9-11-13-15-17-19-21-23-25-27-29-31-33-35-37-38-39-40-41-42-44-46-48-50-52-54-56-58-60-62-64-66-68-70-72-74-76-83(86)92-81(80-91-93(87,88)90-78-77-84)79-89-82(85)75-73-71-69-67-65-63-61-59-57-55-53-51-49-47-45-43-36-34-32-30-28-26-24-22-20-18-16-14-12-10-8-6-4-2/h5,7,11,13,16-19,22-25,29,31,35,37,81H,3-4,6,8-10,12,14-15,20-21,26-28,30,32-34,36,38-80,84H2,1-2H3,(H,87,88)/b7-5-,13-11-,18-16-,19-17-,24-22-,25-23-,31-29-,37-35-. The summed E-state index contributed by atoms with van der Waals surface area (Å²) >= 11 is 0. The molecule has 0 saturated heterocycles. The highest BCUT2D eigenvalue weighted by Gasteiger charge is 2.26. The topological polar surface area (TPSA) is 134 Å². The number of nitrogens with two attached hydrogens (primary N) is 1. The second kappa shape index (κ2) is 77.9. The van der Waals surface area contributed by atoms with Crippen molar-refractivity contribution in [2.45, 2.75) is 392 Å². The molecule has 0 aliphatic rings. The summed E-state index contributed by atoms with van der Waals surface area (Å²) in [6.45, 7) is 3.68. The number of esters is 2. The smallest absolute Gasteiger partial charge is 0.462 e. The van der Waals surface area contributed by atoms with Crippen LogP contribution in [0.5, 0.6) is 0 Å². The molecule has 0 saturated carbocycles. The van der Waals surface area contributed by atoms with Crippen LogP contribution in [0.1, 0.15) is 386 Å². The van der Waals surface area contributed by atoms with E-state index in [1.54, 1.807) is 0 Å². The van der Waals surface area contributed by atoms with Crippen molar-refractivity contribution in [3.05, 3.63) is 97.2 Å². The molecule has 0 fully saturated rings. The van der Waals surface area contributed by atoms with Gasteiger partial charge < -0.3 is 20.1 Å². The van der Waals surface area contributed by atoms with Gasteiger partial charge in [-0.3, -0.25) is 18.6 Å². The van der Waals surface area contributed by atoms with Gasteiger partial charge in [-0.2, -0.15) is 0 Å². The van der Waals surface area contributed by atoms with Crippen LogP contribution in [0.3, 0.4) is 0 Å². The van der Waals surface area contributed by atoms with Crippen molar-refractivity contribution in [1.82, 2.24) is 0 Å². The second-order valence-corrected chi connectivity index (χ2v) is 28.0. The summed E-state index contributed by atoms with van der Waals surface area (Å²) in [5, 5.41) is 0. The lowest BCUT2D eigenvalue weighted by Gasteiger charge is -2.19. The van der Waals surface area contributed by atoms with Crippen LogP contribution in [0, 0.1) is 0 Å². The summed E-state index contributed by atoms with van der Waals surface area (Å²) in [5.74, 6) is -0.809. The van der Waals surface area contributed by atoms with E-state index >= 15 is 0 Å². The summed E-state index contributed by atoms with van der Waals surface area (Å²) < 4.78 is 33.3. The lowest BCUT2D eigenvalue weighted by molar-refractivity contribution is -0.161. The molecule has 0 spiro atoms. The summed E-state index contributed by atoms with van der Waals surface area (Å²) in [7, 11) is -4.40. The number of phosphoric acid groups is 1. The van der Waals surface area contributed by atoms with Gasteiger partial charge in [-0.15, -0.1) is 0 Å². The zero-order chi connectivity index (χ0) is 67.2. The van der Waals surface area contributed by atoms with E-state index in [0.717, 1.165) is 77.0 Å². The Balaban J connectivity index is 3.79. The SMILES string of the molecule is CC/C=C\C/C=C\C/C=C\C/C=C\C/C=C\C/C=C\CCCCCCCCCCCCCCCCCCCCCCC(=O)OC(COC(=O)CCCCCCCCCCCCCCCCCCCCCCC/C=C\C/C=C\CCCCCCC)COP(=O)(O)OCCN. The average Bonchev–Trinajstić information content (AvgIpc) is 3.60. The highest BCUT2D eigenvalue weighted by molar-refractivity contribution is 7.47. The molecule has 0 radical (unpaired) electrons. The van der Waals surface area contributed by atoms with Crippen molar-refractivity contribution in [1.29, 1.82) is 0 Å². The number of allylic oxidation sites excluding steroid dienone is 16. The van der Waals surface area contributed by atoms with Gasteiger partial charge in [-0.05, 0) is 96.3 Å². The molecule has 9 nitrogen and oxygen atoms in total. The molecule has 2 unspecified atom stereocenters. The molecule has 0 aromatic heterocycles. The Hall–Kier alpha value is -3.07. The number of hydrogen-bond donors (Lipinski definition) is 2. The first kappa shape index (κ1) is 89.9. The molecule has 0 heterocycles. The van der Waals surface area contributed by atoms with E-state index in [4.69, 9.17) is 24.3 Å². The predicted molar refractivity (Wildman–Crippen MR) is 404 cm³/mol. The van der Waals surface area contributed by atoms with Gasteiger partial charge in [0.05, 0.1) is 13.2 Å². The molecule has 0 amide bonds. The van der Waals surface area contributed by atoms with Crippen molar-refractivity contribution in [3.8, 4) is 0 Å². The molecule has 0 bridgehead atoms. The lowest BCUT2D eigenvalue weighted by atomic mass is 10.0. The maximum Gasteiger partial charge on any atom is 0.472 e. The zero-order valence-electron chi connectivity index (χ0n) is 61.0. The maximum atomic E-state index is 12.8. The van der Waals surface area contributed by atoms with E-state index < -0.39 is 26.5 Å². The first-order valence-electron chi connectivity index (χ1n) is 39.7. The molecule has 540 valence electrons. The number of hydrogen-bond acceptors (Lipinski definition) is 8. The largest absolute Gasteiger partial charge is 0.472 e. The number of rotatable bonds is 75. The summed E-state index contributed by atoms with van der Waals surface area (Å²) in [5.41, 5.74) is 5.42. The van der Waals surface area contributed by atoms with Gasteiger partial charge in [0.1, 0.15) is 6.61 Å². The minimum atomic E-state index is -4.40. The van der Waals surface area contributed by atoms with E-state index in [9.17, 15) is 19.0 Å². The number of phosphoric ester groups is 1. The van der Waals surface area contributed by atoms with Gasteiger partial charge in [0.25, 0.3) is 0 Å². The van der Waals surface area contributed by atoms with Gasteiger partial charge in [0.2, 0.25) is 0 Å². The molecule has 0 aliphatic carbocycles. The lowest BCUT2D eigenvalue weighted by Crippen LogP contribution is -2.29. The van der Waals surface area contributed by atoms with Crippen LogP contribution in [0.4, 0.5) is 0 Å². The fraction of sp³-hybridized carbons (Fsp3) is 0.783. The van der Waals surface area contributed by atoms with Crippen LogP contribution < -0.4 is 5.73 Å².